The van der Waals surface area contributed by atoms with Crippen molar-refractivity contribution in [1.29, 1.82) is 0 Å². The lowest BCUT2D eigenvalue weighted by atomic mass is 10.2. The average Bonchev–Trinajstić information content (AvgIpc) is 3.07. The normalized spacial score (nSPS) is 15.1. The maximum absolute atomic E-state index is 5.97. The molecule has 0 saturated heterocycles. The van der Waals surface area contributed by atoms with Crippen LogP contribution in [0.25, 0.3) is 0 Å². The molecule has 4 heteroatoms. The van der Waals surface area contributed by atoms with E-state index in [9.17, 15) is 0 Å². The van der Waals surface area contributed by atoms with Crippen LogP contribution in [0.5, 0.6) is 0 Å². The zero-order valence-corrected chi connectivity index (χ0v) is 10.4. The van der Waals surface area contributed by atoms with Gasteiger partial charge in [-0.15, -0.1) is 0 Å². The molecule has 0 aromatic carbocycles. The van der Waals surface area contributed by atoms with Gasteiger partial charge in [-0.2, -0.15) is 0 Å². The zero-order chi connectivity index (χ0) is 11.4. The van der Waals surface area contributed by atoms with Gasteiger partial charge in [0.1, 0.15) is 16.8 Å². The van der Waals surface area contributed by atoms with Gasteiger partial charge in [0.25, 0.3) is 0 Å². The summed E-state index contributed by atoms with van der Waals surface area (Å²) in [5.74, 6) is 2.33. The number of hydrogen-bond acceptors (Lipinski definition) is 3. The Morgan fingerprint density at radius 3 is 2.88 bits per heavy atom. The molecule has 1 aliphatic carbocycles. The van der Waals surface area contributed by atoms with Crippen LogP contribution in [-0.2, 0) is 0 Å². The molecule has 16 heavy (non-hydrogen) atoms. The second kappa shape index (κ2) is 5.48. The van der Waals surface area contributed by atoms with Crippen LogP contribution in [0.1, 0.15) is 50.8 Å². The smallest absolute Gasteiger partial charge is 0.135 e. The SMILES string of the molecule is CCCCCNc1cc(Cl)nc(C2CC2)n1. The van der Waals surface area contributed by atoms with Crippen molar-refractivity contribution >= 4 is 17.4 Å². The molecule has 1 saturated carbocycles. The number of nitrogens with zero attached hydrogens (tertiary/aromatic N) is 2. The Kier molecular flexibility index (Phi) is 3.99. The van der Waals surface area contributed by atoms with Crippen molar-refractivity contribution in [2.45, 2.75) is 44.9 Å². The van der Waals surface area contributed by atoms with E-state index < -0.39 is 0 Å². The molecule has 1 aromatic rings. The first-order valence-corrected chi connectivity index (χ1v) is 6.45. The van der Waals surface area contributed by atoms with E-state index >= 15 is 0 Å². The highest BCUT2D eigenvalue weighted by Crippen LogP contribution is 2.38. The van der Waals surface area contributed by atoms with Crippen LogP contribution in [0, 0.1) is 0 Å². The van der Waals surface area contributed by atoms with Gasteiger partial charge in [0.2, 0.25) is 0 Å². The van der Waals surface area contributed by atoms with Gasteiger partial charge in [-0.1, -0.05) is 31.4 Å². The van der Waals surface area contributed by atoms with Gasteiger partial charge in [0.05, 0.1) is 0 Å². The molecule has 3 nitrogen and oxygen atoms in total. The average molecular weight is 240 g/mol. The van der Waals surface area contributed by atoms with E-state index in [0.29, 0.717) is 11.1 Å². The number of hydrogen-bond donors (Lipinski definition) is 1. The molecule has 88 valence electrons. The summed E-state index contributed by atoms with van der Waals surface area (Å²) in [4.78, 5) is 8.74. The van der Waals surface area contributed by atoms with Crippen molar-refractivity contribution in [2.75, 3.05) is 11.9 Å². The molecule has 1 heterocycles. The minimum atomic E-state index is 0.551. The summed E-state index contributed by atoms with van der Waals surface area (Å²) >= 11 is 5.97. The van der Waals surface area contributed by atoms with E-state index in [0.717, 1.165) is 18.2 Å². The van der Waals surface area contributed by atoms with Gasteiger partial charge in [0.15, 0.2) is 0 Å². The topological polar surface area (TPSA) is 37.8 Å². The third-order valence-corrected chi connectivity index (χ3v) is 2.93. The number of unbranched alkanes of at least 4 members (excludes halogenated alkanes) is 2. The zero-order valence-electron chi connectivity index (χ0n) is 9.67. The van der Waals surface area contributed by atoms with Crippen LogP contribution in [0.3, 0.4) is 0 Å². The second-order valence-electron chi connectivity index (χ2n) is 4.34. The highest BCUT2D eigenvalue weighted by atomic mass is 35.5. The first-order chi connectivity index (χ1) is 7.79. The summed E-state index contributed by atoms with van der Waals surface area (Å²) in [6.45, 7) is 3.16. The molecule has 1 aliphatic rings. The van der Waals surface area contributed by atoms with Crippen LogP contribution in [0.2, 0.25) is 5.15 Å². The number of nitrogens with one attached hydrogen (secondary N) is 1. The summed E-state index contributed by atoms with van der Waals surface area (Å²) in [6.07, 6.45) is 6.07. The van der Waals surface area contributed by atoms with Crippen molar-refractivity contribution in [2.24, 2.45) is 0 Å². The predicted molar refractivity (Wildman–Crippen MR) is 67.0 cm³/mol. The number of rotatable bonds is 6. The third kappa shape index (κ3) is 3.34. The Morgan fingerprint density at radius 2 is 2.19 bits per heavy atom. The van der Waals surface area contributed by atoms with Crippen LogP contribution in [0.15, 0.2) is 6.07 Å². The van der Waals surface area contributed by atoms with Crippen molar-refractivity contribution < 1.29 is 0 Å². The molecule has 2 rings (SSSR count). The van der Waals surface area contributed by atoms with Gasteiger partial charge in [-0.25, -0.2) is 9.97 Å². The molecule has 1 aromatic heterocycles. The molecule has 0 unspecified atom stereocenters. The Bertz CT molecular complexity index is 350. The Balaban J connectivity index is 1.92. The molecule has 1 fully saturated rings. The second-order valence-corrected chi connectivity index (χ2v) is 4.73. The van der Waals surface area contributed by atoms with Gasteiger partial charge in [-0.05, 0) is 19.3 Å². The first-order valence-electron chi connectivity index (χ1n) is 6.08. The van der Waals surface area contributed by atoms with E-state index in [1.54, 1.807) is 6.07 Å². The molecule has 0 spiro atoms. The fraction of sp³-hybridized carbons (Fsp3) is 0.667. The fourth-order valence-corrected chi connectivity index (χ4v) is 1.83. The Hall–Kier alpha value is -0.830. The minimum Gasteiger partial charge on any atom is -0.370 e. The molecular weight excluding hydrogens is 222 g/mol. The van der Waals surface area contributed by atoms with Crippen LogP contribution >= 0.6 is 11.6 Å². The molecule has 0 radical (unpaired) electrons. The quantitative estimate of drug-likeness (QED) is 0.609. The number of halogens is 1. The van der Waals surface area contributed by atoms with Gasteiger partial charge in [0, 0.05) is 18.5 Å². The van der Waals surface area contributed by atoms with E-state index in [2.05, 4.69) is 22.2 Å². The van der Waals surface area contributed by atoms with E-state index in [4.69, 9.17) is 11.6 Å². The summed E-state index contributed by atoms with van der Waals surface area (Å²) in [5.41, 5.74) is 0. The molecular formula is C12H18ClN3. The van der Waals surface area contributed by atoms with Crippen molar-refractivity contribution in [3.05, 3.63) is 17.0 Å². The Morgan fingerprint density at radius 1 is 1.38 bits per heavy atom. The number of anilines is 1. The molecule has 0 bridgehead atoms. The van der Waals surface area contributed by atoms with E-state index in [1.165, 1.54) is 32.1 Å². The summed E-state index contributed by atoms with van der Waals surface area (Å²) in [7, 11) is 0. The lowest BCUT2D eigenvalue weighted by Crippen LogP contribution is -2.05. The standard InChI is InChI=1S/C12H18ClN3/c1-2-3-4-7-14-11-8-10(13)15-12(16-11)9-5-6-9/h8-9H,2-7H2,1H3,(H,14,15,16). The van der Waals surface area contributed by atoms with Crippen molar-refractivity contribution in [3.8, 4) is 0 Å². The Labute approximate surface area is 102 Å². The maximum Gasteiger partial charge on any atom is 0.135 e. The number of aromatic nitrogens is 2. The monoisotopic (exact) mass is 239 g/mol. The fourth-order valence-electron chi connectivity index (χ4n) is 1.64. The molecule has 0 aliphatic heterocycles. The van der Waals surface area contributed by atoms with Gasteiger partial charge < -0.3 is 5.32 Å². The van der Waals surface area contributed by atoms with E-state index in [-0.39, 0.29) is 0 Å². The largest absolute Gasteiger partial charge is 0.370 e. The van der Waals surface area contributed by atoms with Crippen molar-refractivity contribution in [1.82, 2.24) is 9.97 Å². The first kappa shape index (κ1) is 11.6. The van der Waals surface area contributed by atoms with Crippen LogP contribution in [0.4, 0.5) is 5.82 Å². The summed E-state index contributed by atoms with van der Waals surface area (Å²) < 4.78 is 0. The third-order valence-electron chi connectivity index (χ3n) is 2.74. The minimum absolute atomic E-state index is 0.551. The maximum atomic E-state index is 5.97. The molecule has 0 amide bonds. The predicted octanol–water partition coefficient (Wildman–Crippen LogP) is 3.61. The van der Waals surface area contributed by atoms with Crippen LogP contribution in [-0.4, -0.2) is 16.5 Å². The summed E-state index contributed by atoms with van der Waals surface area (Å²) in [5, 5.41) is 3.86. The van der Waals surface area contributed by atoms with Crippen molar-refractivity contribution in [3.63, 3.8) is 0 Å². The summed E-state index contributed by atoms with van der Waals surface area (Å²) in [6, 6.07) is 1.80. The lowest BCUT2D eigenvalue weighted by Gasteiger charge is -2.07. The van der Waals surface area contributed by atoms with E-state index in [1.807, 2.05) is 0 Å². The van der Waals surface area contributed by atoms with Gasteiger partial charge >= 0.3 is 0 Å². The highest BCUT2D eigenvalue weighted by Gasteiger charge is 2.27. The highest BCUT2D eigenvalue weighted by molar-refractivity contribution is 6.29. The lowest BCUT2D eigenvalue weighted by molar-refractivity contribution is 0.741. The molecule has 0 atom stereocenters. The van der Waals surface area contributed by atoms with Crippen LogP contribution < -0.4 is 5.32 Å². The van der Waals surface area contributed by atoms with Gasteiger partial charge in [-0.3, -0.25) is 0 Å². The molecule has 1 N–H and O–H groups in total.